The molecular weight excluding hydrogens is 228 g/mol. The Balaban J connectivity index is 4.09. The van der Waals surface area contributed by atoms with Gasteiger partial charge in [0.1, 0.15) is 0 Å². The minimum absolute atomic E-state index is 0.144. The molecule has 0 aliphatic rings. The molecule has 0 saturated heterocycles. The van der Waals surface area contributed by atoms with Gasteiger partial charge >= 0.3 is 0 Å². The largest absolute Gasteiger partial charge is 0.395 e. The first-order valence-electron chi connectivity index (χ1n) is 6.61. The third-order valence-corrected chi connectivity index (χ3v) is 3.14. The number of quaternary nitrogens is 1. The second kappa shape index (κ2) is 10.3. The van der Waals surface area contributed by atoms with Crippen LogP contribution in [0.2, 0.25) is 0 Å². The molecule has 0 aromatic heterocycles. The molecule has 0 radical (unpaired) electrons. The molecule has 0 spiro atoms. The number of nitrogens with zero attached hydrogens (tertiary/aromatic N) is 2. The minimum atomic E-state index is 0.144. The third-order valence-electron chi connectivity index (χ3n) is 3.14. The molecule has 0 aliphatic carbocycles. The van der Waals surface area contributed by atoms with E-state index in [4.69, 9.17) is 10.2 Å². The number of rotatable bonds is 12. The molecular formula is C14H29N2O2+. The Morgan fingerprint density at radius 2 is 1.50 bits per heavy atom. The van der Waals surface area contributed by atoms with Crippen LogP contribution in [0.1, 0.15) is 6.42 Å². The van der Waals surface area contributed by atoms with Crippen LogP contribution in [0.25, 0.3) is 0 Å². The van der Waals surface area contributed by atoms with E-state index in [2.05, 4.69) is 25.1 Å². The van der Waals surface area contributed by atoms with Crippen molar-refractivity contribution in [1.82, 2.24) is 4.90 Å². The molecule has 0 unspecified atom stereocenters. The van der Waals surface area contributed by atoms with Crippen molar-refractivity contribution in [3.63, 3.8) is 0 Å². The third kappa shape index (κ3) is 7.61. The van der Waals surface area contributed by atoms with E-state index in [1.165, 1.54) is 0 Å². The molecule has 0 heterocycles. The highest BCUT2D eigenvalue weighted by Crippen LogP contribution is 2.05. The lowest BCUT2D eigenvalue weighted by molar-refractivity contribution is -0.898. The van der Waals surface area contributed by atoms with Crippen molar-refractivity contribution in [2.45, 2.75) is 6.42 Å². The molecule has 0 bridgehead atoms. The van der Waals surface area contributed by atoms with Crippen LogP contribution < -0.4 is 0 Å². The standard InChI is InChI=1S/C14H29N2O2/c1-4-10-16(3,11-5-2)12-6-7-15(8-13-17)9-14-18/h4-5,17-18H,1-2,6-14H2,3H3/q+1. The average Bonchev–Trinajstić information content (AvgIpc) is 2.30. The van der Waals surface area contributed by atoms with Crippen LogP contribution in [0, 0.1) is 0 Å². The molecule has 4 nitrogen and oxygen atoms in total. The van der Waals surface area contributed by atoms with Gasteiger partial charge in [-0.3, -0.25) is 4.90 Å². The number of hydrogen-bond acceptors (Lipinski definition) is 3. The van der Waals surface area contributed by atoms with Crippen molar-refractivity contribution in [3.8, 4) is 0 Å². The van der Waals surface area contributed by atoms with Crippen LogP contribution >= 0.6 is 0 Å². The summed E-state index contributed by atoms with van der Waals surface area (Å²) in [6, 6.07) is 0. The first-order chi connectivity index (χ1) is 8.61. The van der Waals surface area contributed by atoms with Gasteiger partial charge in [0.25, 0.3) is 0 Å². The molecule has 0 atom stereocenters. The summed E-state index contributed by atoms with van der Waals surface area (Å²) in [6.07, 6.45) is 4.93. The topological polar surface area (TPSA) is 43.7 Å². The van der Waals surface area contributed by atoms with Gasteiger partial charge < -0.3 is 14.7 Å². The van der Waals surface area contributed by atoms with Gasteiger partial charge in [-0.05, 0) is 12.2 Å². The fourth-order valence-electron chi connectivity index (χ4n) is 2.17. The Morgan fingerprint density at radius 1 is 1.00 bits per heavy atom. The SMILES string of the molecule is C=CC[N+](C)(CC=C)CCCN(CCO)CCO. The lowest BCUT2D eigenvalue weighted by Crippen LogP contribution is -2.46. The van der Waals surface area contributed by atoms with Gasteiger partial charge in [-0.25, -0.2) is 0 Å². The summed E-state index contributed by atoms with van der Waals surface area (Å²) in [7, 11) is 2.20. The van der Waals surface area contributed by atoms with Crippen LogP contribution in [0.5, 0.6) is 0 Å². The van der Waals surface area contributed by atoms with E-state index >= 15 is 0 Å². The van der Waals surface area contributed by atoms with E-state index in [1.54, 1.807) is 0 Å². The first kappa shape index (κ1) is 17.3. The van der Waals surface area contributed by atoms with E-state index in [0.29, 0.717) is 13.1 Å². The summed E-state index contributed by atoms with van der Waals surface area (Å²) < 4.78 is 0.916. The Bertz CT molecular complexity index is 216. The second-order valence-corrected chi connectivity index (χ2v) is 4.93. The molecule has 0 fully saturated rings. The zero-order chi connectivity index (χ0) is 13.9. The van der Waals surface area contributed by atoms with Crippen LogP contribution in [-0.4, -0.2) is 79.1 Å². The molecule has 2 N–H and O–H groups in total. The van der Waals surface area contributed by atoms with Gasteiger partial charge in [0.05, 0.1) is 39.9 Å². The van der Waals surface area contributed by atoms with Crippen molar-refractivity contribution in [3.05, 3.63) is 25.3 Å². The quantitative estimate of drug-likeness (QED) is 0.395. The van der Waals surface area contributed by atoms with E-state index in [0.717, 1.165) is 37.1 Å². The number of hydrogen-bond donors (Lipinski definition) is 2. The van der Waals surface area contributed by atoms with Crippen LogP contribution in [0.4, 0.5) is 0 Å². The van der Waals surface area contributed by atoms with E-state index < -0.39 is 0 Å². The highest BCUT2D eigenvalue weighted by molar-refractivity contribution is 4.71. The van der Waals surface area contributed by atoms with Crippen molar-refractivity contribution in [2.24, 2.45) is 0 Å². The van der Waals surface area contributed by atoms with E-state index in [9.17, 15) is 0 Å². The van der Waals surface area contributed by atoms with Crippen LogP contribution in [0.15, 0.2) is 25.3 Å². The average molecular weight is 257 g/mol. The van der Waals surface area contributed by atoms with E-state index in [1.807, 2.05) is 12.2 Å². The van der Waals surface area contributed by atoms with Gasteiger partial charge in [-0.2, -0.15) is 0 Å². The maximum Gasteiger partial charge on any atom is 0.0971 e. The highest BCUT2D eigenvalue weighted by Gasteiger charge is 2.17. The number of aliphatic hydroxyl groups is 2. The summed E-state index contributed by atoms with van der Waals surface area (Å²) in [6.45, 7) is 13.0. The molecule has 18 heavy (non-hydrogen) atoms. The molecule has 0 aromatic rings. The monoisotopic (exact) mass is 257 g/mol. The molecule has 4 heteroatoms. The fraction of sp³-hybridized carbons (Fsp3) is 0.714. The van der Waals surface area contributed by atoms with Crippen LogP contribution in [-0.2, 0) is 0 Å². The Morgan fingerprint density at radius 3 is 1.89 bits per heavy atom. The summed E-state index contributed by atoms with van der Waals surface area (Å²) >= 11 is 0. The zero-order valence-corrected chi connectivity index (χ0v) is 11.7. The first-order valence-corrected chi connectivity index (χ1v) is 6.61. The zero-order valence-electron chi connectivity index (χ0n) is 11.7. The number of likely N-dealkylation sites (N-methyl/N-ethyl adjacent to an activating group) is 1. The summed E-state index contributed by atoms with van der Waals surface area (Å²) in [5.41, 5.74) is 0. The maximum absolute atomic E-state index is 8.94. The molecule has 0 aliphatic heterocycles. The summed E-state index contributed by atoms with van der Waals surface area (Å²) in [5, 5.41) is 17.9. The molecule has 0 amide bonds. The Hall–Kier alpha value is -0.680. The van der Waals surface area contributed by atoms with Gasteiger partial charge in [-0.1, -0.05) is 13.2 Å². The summed E-state index contributed by atoms with van der Waals surface area (Å²) in [5.74, 6) is 0. The lowest BCUT2D eigenvalue weighted by atomic mass is 10.2. The molecule has 0 saturated carbocycles. The Kier molecular flexibility index (Phi) is 9.87. The molecule has 0 rings (SSSR count). The van der Waals surface area contributed by atoms with Crippen LogP contribution in [0.3, 0.4) is 0 Å². The van der Waals surface area contributed by atoms with Crippen molar-refractivity contribution in [1.29, 1.82) is 0 Å². The number of aliphatic hydroxyl groups excluding tert-OH is 2. The normalized spacial score (nSPS) is 11.8. The minimum Gasteiger partial charge on any atom is -0.395 e. The molecule has 106 valence electrons. The highest BCUT2D eigenvalue weighted by atomic mass is 16.3. The van der Waals surface area contributed by atoms with Gasteiger partial charge in [-0.15, -0.1) is 0 Å². The fourth-order valence-corrected chi connectivity index (χ4v) is 2.17. The smallest absolute Gasteiger partial charge is 0.0971 e. The van der Waals surface area contributed by atoms with Gasteiger partial charge in [0, 0.05) is 26.1 Å². The summed E-state index contributed by atoms with van der Waals surface area (Å²) in [4.78, 5) is 2.09. The van der Waals surface area contributed by atoms with Gasteiger partial charge in [0.15, 0.2) is 0 Å². The Labute approximate surface area is 111 Å². The predicted octanol–water partition coefficient (Wildman–Crippen LogP) is 0.482. The second-order valence-electron chi connectivity index (χ2n) is 4.93. The van der Waals surface area contributed by atoms with Gasteiger partial charge in [0.2, 0.25) is 0 Å². The predicted molar refractivity (Wildman–Crippen MR) is 76.4 cm³/mol. The van der Waals surface area contributed by atoms with Crippen molar-refractivity contribution < 1.29 is 14.7 Å². The van der Waals surface area contributed by atoms with Crippen molar-refractivity contribution >= 4 is 0 Å². The lowest BCUT2D eigenvalue weighted by Gasteiger charge is -2.33. The maximum atomic E-state index is 8.94. The van der Waals surface area contributed by atoms with E-state index in [-0.39, 0.29) is 13.2 Å². The van der Waals surface area contributed by atoms with Crippen molar-refractivity contribution in [2.75, 3.05) is 59.5 Å². The molecule has 0 aromatic carbocycles.